The fourth-order valence-corrected chi connectivity index (χ4v) is 5.30. The first-order chi connectivity index (χ1) is 18.2. The first kappa shape index (κ1) is 29.8. The fraction of sp³-hybridized carbons (Fsp3) is 0.444. The van der Waals surface area contributed by atoms with E-state index in [2.05, 4.69) is 5.32 Å². The molecule has 3 aromatic rings. The molecular formula is C27H32FN3O7S. The lowest BCUT2D eigenvalue weighted by Gasteiger charge is -2.26. The van der Waals surface area contributed by atoms with Gasteiger partial charge in [-0.2, -0.15) is 0 Å². The lowest BCUT2D eigenvalue weighted by Crippen LogP contribution is -2.48. The third kappa shape index (κ3) is 5.95. The molecule has 0 saturated heterocycles. The summed E-state index contributed by atoms with van der Waals surface area (Å²) in [5.74, 6) is -2.25. The number of methoxy groups -OCH3 is 1. The van der Waals surface area contributed by atoms with Crippen molar-refractivity contribution in [2.75, 3.05) is 13.7 Å². The van der Waals surface area contributed by atoms with Crippen LogP contribution in [-0.4, -0.2) is 46.6 Å². The van der Waals surface area contributed by atoms with Crippen LogP contribution in [0.1, 0.15) is 60.2 Å². The van der Waals surface area contributed by atoms with Gasteiger partial charge in [-0.25, -0.2) is 14.0 Å². The average Bonchev–Trinajstić information content (AvgIpc) is 3.21. The van der Waals surface area contributed by atoms with E-state index < -0.39 is 40.8 Å². The number of carbonyl (C=O) groups excluding carboxylic acids is 3. The van der Waals surface area contributed by atoms with Gasteiger partial charge in [0, 0.05) is 12.6 Å². The molecule has 0 fully saturated rings. The highest BCUT2D eigenvalue weighted by atomic mass is 32.1. The SMILES string of the molecule is CCOC(=O)c1sc2c(c1C)c(=O)n(CC(C)(C)C(=O)NC(C)C)c(=O)n2CC(=O)c1cc(F)ccc1OC. The number of benzene rings is 1. The minimum absolute atomic E-state index is 0.0572. The van der Waals surface area contributed by atoms with Gasteiger partial charge in [0.15, 0.2) is 5.78 Å². The number of carbonyl (C=O) groups is 3. The van der Waals surface area contributed by atoms with Gasteiger partial charge in [0.25, 0.3) is 5.56 Å². The number of amides is 1. The minimum atomic E-state index is -1.18. The van der Waals surface area contributed by atoms with Crippen molar-refractivity contribution in [2.45, 2.75) is 60.7 Å². The summed E-state index contributed by atoms with van der Waals surface area (Å²) >= 11 is 0.857. The largest absolute Gasteiger partial charge is 0.496 e. The molecule has 0 bridgehead atoms. The number of halogens is 1. The molecule has 0 aliphatic heterocycles. The van der Waals surface area contributed by atoms with Crippen LogP contribution in [0, 0.1) is 18.2 Å². The van der Waals surface area contributed by atoms with Crippen molar-refractivity contribution >= 4 is 39.2 Å². The van der Waals surface area contributed by atoms with Crippen LogP contribution in [0.5, 0.6) is 5.75 Å². The maximum absolute atomic E-state index is 14.0. The summed E-state index contributed by atoms with van der Waals surface area (Å²) in [4.78, 5) is 66.4. The first-order valence-electron chi connectivity index (χ1n) is 12.3. The molecule has 2 heterocycles. The molecule has 210 valence electrons. The van der Waals surface area contributed by atoms with Gasteiger partial charge in [0.2, 0.25) is 5.91 Å². The summed E-state index contributed by atoms with van der Waals surface area (Å²) in [6.07, 6.45) is 0. The van der Waals surface area contributed by atoms with Crippen molar-refractivity contribution in [1.29, 1.82) is 0 Å². The van der Waals surface area contributed by atoms with Crippen LogP contribution in [0.3, 0.4) is 0 Å². The molecule has 0 unspecified atom stereocenters. The van der Waals surface area contributed by atoms with Gasteiger partial charge >= 0.3 is 11.7 Å². The number of Topliss-reactive ketones (excluding diaryl/α,β-unsaturated/α-hetero) is 1. The van der Waals surface area contributed by atoms with Crippen LogP contribution in [-0.2, 0) is 22.6 Å². The third-order valence-electron chi connectivity index (χ3n) is 6.11. The second-order valence-corrected chi connectivity index (χ2v) is 11.0. The topological polar surface area (TPSA) is 126 Å². The van der Waals surface area contributed by atoms with Crippen LogP contribution in [0.4, 0.5) is 4.39 Å². The lowest BCUT2D eigenvalue weighted by atomic mass is 9.91. The zero-order chi connectivity index (χ0) is 29.2. The number of thiophene rings is 1. The predicted molar refractivity (Wildman–Crippen MR) is 145 cm³/mol. The molecule has 2 aromatic heterocycles. The van der Waals surface area contributed by atoms with E-state index in [0.29, 0.717) is 5.56 Å². The molecule has 0 aliphatic carbocycles. The van der Waals surface area contributed by atoms with Crippen LogP contribution in [0.2, 0.25) is 0 Å². The van der Waals surface area contributed by atoms with E-state index in [9.17, 15) is 28.4 Å². The monoisotopic (exact) mass is 561 g/mol. The Kier molecular flexibility index (Phi) is 8.79. The van der Waals surface area contributed by atoms with Crippen LogP contribution in [0.15, 0.2) is 27.8 Å². The maximum atomic E-state index is 14.0. The molecule has 39 heavy (non-hydrogen) atoms. The van der Waals surface area contributed by atoms with E-state index >= 15 is 0 Å². The van der Waals surface area contributed by atoms with Crippen LogP contribution < -0.4 is 21.3 Å². The number of aryl methyl sites for hydroxylation is 1. The van der Waals surface area contributed by atoms with E-state index in [1.54, 1.807) is 41.5 Å². The molecule has 0 radical (unpaired) electrons. The molecule has 12 heteroatoms. The van der Waals surface area contributed by atoms with Crippen molar-refractivity contribution in [3.63, 3.8) is 0 Å². The molecule has 1 aromatic carbocycles. The van der Waals surface area contributed by atoms with E-state index in [4.69, 9.17) is 9.47 Å². The highest BCUT2D eigenvalue weighted by Crippen LogP contribution is 2.30. The summed E-state index contributed by atoms with van der Waals surface area (Å²) in [7, 11) is 1.33. The van der Waals surface area contributed by atoms with Gasteiger partial charge in [-0.3, -0.25) is 23.5 Å². The van der Waals surface area contributed by atoms with Gasteiger partial charge < -0.3 is 14.8 Å². The fourth-order valence-electron chi connectivity index (χ4n) is 4.12. The second-order valence-electron chi connectivity index (χ2n) is 10.00. The number of ether oxygens (including phenoxy) is 2. The summed E-state index contributed by atoms with van der Waals surface area (Å²) in [6, 6.07) is 3.27. The Morgan fingerprint density at radius 1 is 1.15 bits per heavy atom. The first-order valence-corrected chi connectivity index (χ1v) is 13.2. The Balaban J connectivity index is 2.28. The Bertz CT molecular complexity index is 1570. The van der Waals surface area contributed by atoms with Gasteiger partial charge in [-0.1, -0.05) is 0 Å². The Morgan fingerprint density at radius 3 is 2.41 bits per heavy atom. The third-order valence-corrected chi connectivity index (χ3v) is 7.40. The predicted octanol–water partition coefficient (Wildman–Crippen LogP) is 3.29. The van der Waals surface area contributed by atoms with E-state index in [1.165, 1.54) is 13.2 Å². The Labute approximate surface area is 228 Å². The van der Waals surface area contributed by atoms with Crippen LogP contribution >= 0.6 is 11.3 Å². The van der Waals surface area contributed by atoms with E-state index in [-0.39, 0.29) is 51.5 Å². The number of hydrogen-bond donors (Lipinski definition) is 1. The number of hydrogen-bond acceptors (Lipinski definition) is 8. The van der Waals surface area contributed by atoms with Crippen molar-refractivity contribution in [2.24, 2.45) is 5.41 Å². The normalized spacial score (nSPS) is 11.6. The number of esters is 1. The number of rotatable bonds is 10. The summed E-state index contributed by atoms with van der Waals surface area (Å²) in [5.41, 5.74) is -2.52. The number of fused-ring (bicyclic) bond motifs is 1. The molecule has 1 amide bonds. The van der Waals surface area contributed by atoms with Gasteiger partial charge in [0.05, 0.1) is 36.6 Å². The number of ketones is 1. The molecule has 0 saturated carbocycles. The van der Waals surface area contributed by atoms with E-state index in [1.807, 2.05) is 0 Å². The average molecular weight is 562 g/mol. The molecular weight excluding hydrogens is 529 g/mol. The number of aromatic nitrogens is 2. The molecule has 3 rings (SSSR count). The van der Waals surface area contributed by atoms with Gasteiger partial charge in [-0.15, -0.1) is 11.3 Å². The van der Waals surface area contributed by atoms with E-state index in [0.717, 1.165) is 32.6 Å². The summed E-state index contributed by atoms with van der Waals surface area (Å²) in [5, 5.41) is 2.84. The smallest absolute Gasteiger partial charge is 0.348 e. The molecule has 10 nitrogen and oxygen atoms in total. The zero-order valence-corrected chi connectivity index (χ0v) is 23.8. The second kappa shape index (κ2) is 11.5. The Morgan fingerprint density at radius 2 is 1.82 bits per heavy atom. The number of nitrogens with zero attached hydrogens (tertiary/aromatic N) is 2. The molecule has 0 spiro atoms. The maximum Gasteiger partial charge on any atom is 0.348 e. The zero-order valence-electron chi connectivity index (χ0n) is 23.0. The molecule has 1 N–H and O–H groups in total. The van der Waals surface area contributed by atoms with Gasteiger partial charge in [0.1, 0.15) is 21.3 Å². The summed E-state index contributed by atoms with van der Waals surface area (Å²) < 4.78 is 26.3. The summed E-state index contributed by atoms with van der Waals surface area (Å²) in [6.45, 7) is 9.20. The Hall–Kier alpha value is -3.80. The van der Waals surface area contributed by atoms with Crippen molar-refractivity contribution in [3.05, 3.63) is 60.9 Å². The van der Waals surface area contributed by atoms with Crippen molar-refractivity contribution in [1.82, 2.24) is 14.5 Å². The standard InChI is InChI=1S/C27H32FN3O7S/c1-8-38-24(34)21-15(4)20-22(33)31(13-27(5,6)25(35)29-14(2)3)26(36)30(23(20)39-21)12-18(32)17-11-16(28)9-10-19(17)37-7/h9-11,14H,8,12-13H2,1-7H3,(H,29,35). The molecule has 0 aliphatic rings. The minimum Gasteiger partial charge on any atom is -0.496 e. The quantitative estimate of drug-likeness (QED) is 0.297. The number of nitrogens with one attached hydrogen (secondary N) is 1. The van der Waals surface area contributed by atoms with Crippen LogP contribution in [0.25, 0.3) is 10.2 Å². The van der Waals surface area contributed by atoms with Crippen molar-refractivity contribution in [3.8, 4) is 5.75 Å². The lowest BCUT2D eigenvalue weighted by molar-refractivity contribution is -0.130. The van der Waals surface area contributed by atoms with Crippen molar-refractivity contribution < 1.29 is 28.2 Å². The molecule has 0 atom stereocenters. The van der Waals surface area contributed by atoms with Gasteiger partial charge in [-0.05, 0) is 65.3 Å². The highest BCUT2D eigenvalue weighted by Gasteiger charge is 2.32. The highest BCUT2D eigenvalue weighted by molar-refractivity contribution is 7.20.